The van der Waals surface area contributed by atoms with Crippen LogP contribution >= 0.6 is 15.9 Å². The minimum atomic E-state index is -0.281. The number of carbonyl (C=O) groups is 1. The highest BCUT2D eigenvalue weighted by Crippen LogP contribution is 2.11. The van der Waals surface area contributed by atoms with Gasteiger partial charge in [-0.2, -0.15) is 0 Å². The Bertz CT molecular complexity index is 410. The zero-order valence-corrected chi connectivity index (χ0v) is 11.5. The van der Waals surface area contributed by atoms with Gasteiger partial charge in [0.2, 0.25) is 5.91 Å². The zero-order valence-electron chi connectivity index (χ0n) is 9.94. The molecule has 0 aliphatic carbocycles. The summed E-state index contributed by atoms with van der Waals surface area (Å²) < 4.78 is 18.2. The van der Waals surface area contributed by atoms with E-state index in [4.69, 9.17) is 4.74 Å². The van der Waals surface area contributed by atoms with E-state index < -0.39 is 0 Å². The molecule has 0 saturated carbocycles. The van der Waals surface area contributed by atoms with Crippen molar-refractivity contribution in [2.45, 2.75) is 12.5 Å². The lowest BCUT2D eigenvalue weighted by atomic mass is 10.1. The van der Waals surface area contributed by atoms with Gasteiger partial charge in [0, 0.05) is 18.4 Å². The van der Waals surface area contributed by atoms with Crippen molar-refractivity contribution < 1.29 is 13.9 Å². The van der Waals surface area contributed by atoms with Gasteiger partial charge >= 0.3 is 0 Å². The van der Waals surface area contributed by atoms with Crippen molar-refractivity contribution >= 4 is 21.8 Å². The Labute approximate surface area is 114 Å². The topological polar surface area (TPSA) is 29.5 Å². The normalized spacial score (nSPS) is 19.9. The minimum Gasteiger partial charge on any atom is -0.374 e. The van der Waals surface area contributed by atoms with E-state index in [2.05, 4.69) is 15.9 Å². The highest BCUT2D eigenvalue weighted by atomic mass is 79.9. The Balaban J connectivity index is 1.93. The molecule has 0 aromatic heterocycles. The van der Waals surface area contributed by atoms with Crippen molar-refractivity contribution in [1.82, 2.24) is 4.90 Å². The average Bonchev–Trinajstić information content (AvgIpc) is 2.41. The first kappa shape index (κ1) is 13.5. The van der Waals surface area contributed by atoms with E-state index in [1.807, 2.05) is 0 Å². The van der Waals surface area contributed by atoms with Crippen LogP contribution < -0.4 is 0 Å². The van der Waals surface area contributed by atoms with Gasteiger partial charge in [-0.1, -0.05) is 28.1 Å². The molecule has 1 aromatic carbocycles. The number of alkyl halides is 1. The van der Waals surface area contributed by atoms with Crippen LogP contribution in [0, 0.1) is 5.82 Å². The molecular formula is C13H15BrFNO2. The Morgan fingerprint density at radius 3 is 2.83 bits per heavy atom. The zero-order chi connectivity index (χ0) is 13.0. The van der Waals surface area contributed by atoms with Crippen LogP contribution in [0.3, 0.4) is 0 Å². The smallest absolute Gasteiger partial charge is 0.227 e. The molecule has 0 radical (unpaired) electrons. The molecule has 1 aliphatic heterocycles. The molecule has 1 aromatic rings. The van der Waals surface area contributed by atoms with Crippen molar-refractivity contribution in [3.63, 3.8) is 0 Å². The molecule has 1 fully saturated rings. The highest BCUT2D eigenvalue weighted by molar-refractivity contribution is 9.09. The van der Waals surface area contributed by atoms with Gasteiger partial charge in [-0.15, -0.1) is 0 Å². The summed E-state index contributed by atoms with van der Waals surface area (Å²) in [5.74, 6) is -0.215. The Kier molecular flexibility index (Phi) is 4.72. The van der Waals surface area contributed by atoms with Gasteiger partial charge in [0.15, 0.2) is 0 Å². The number of carbonyl (C=O) groups excluding carboxylic acids is 1. The predicted octanol–water partition coefficient (Wildman–Crippen LogP) is 1.99. The number of rotatable bonds is 3. The molecule has 5 heteroatoms. The van der Waals surface area contributed by atoms with Crippen molar-refractivity contribution in [2.75, 3.05) is 25.0 Å². The monoisotopic (exact) mass is 315 g/mol. The predicted molar refractivity (Wildman–Crippen MR) is 70.2 cm³/mol. The number of amides is 1. The Morgan fingerprint density at radius 2 is 2.17 bits per heavy atom. The van der Waals surface area contributed by atoms with Gasteiger partial charge in [-0.3, -0.25) is 4.79 Å². The molecule has 0 spiro atoms. The van der Waals surface area contributed by atoms with Gasteiger partial charge in [0.05, 0.1) is 19.1 Å². The number of halogens is 2. The van der Waals surface area contributed by atoms with Crippen LogP contribution in [0.15, 0.2) is 24.3 Å². The SMILES string of the molecule is O=C(Cc1ccc(F)cc1)N1CCOC(CBr)C1. The molecule has 1 saturated heterocycles. The summed E-state index contributed by atoms with van der Waals surface area (Å²) in [6.45, 7) is 1.82. The number of hydrogen-bond acceptors (Lipinski definition) is 2. The number of morpholine rings is 1. The second-order valence-corrected chi connectivity index (χ2v) is 4.94. The average molecular weight is 316 g/mol. The van der Waals surface area contributed by atoms with E-state index in [0.29, 0.717) is 26.1 Å². The molecular weight excluding hydrogens is 301 g/mol. The van der Waals surface area contributed by atoms with Crippen LogP contribution in [0.1, 0.15) is 5.56 Å². The first-order valence-electron chi connectivity index (χ1n) is 5.89. The maximum Gasteiger partial charge on any atom is 0.227 e. The third-order valence-electron chi connectivity index (χ3n) is 2.93. The van der Waals surface area contributed by atoms with E-state index in [1.165, 1.54) is 12.1 Å². The van der Waals surface area contributed by atoms with Gasteiger partial charge in [-0.05, 0) is 17.7 Å². The lowest BCUT2D eigenvalue weighted by molar-refractivity contribution is -0.137. The standard InChI is InChI=1S/C13H15BrFNO2/c14-8-12-9-16(5-6-18-12)13(17)7-10-1-3-11(15)4-2-10/h1-4,12H,5-9H2. The maximum absolute atomic E-state index is 12.8. The lowest BCUT2D eigenvalue weighted by Gasteiger charge is -2.32. The van der Waals surface area contributed by atoms with Crippen LogP contribution in [0.2, 0.25) is 0 Å². The first-order chi connectivity index (χ1) is 8.69. The van der Waals surface area contributed by atoms with E-state index in [1.54, 1.807) is 17.0 Å². The Hall–Kier alpha value is -0.940. The van der Waals surface area contributed by atoms with E-state index in [9.17, 15) is 9.18 Å². The van der Waals surface area contributed by atoms with Gasteiger partial charge in [0.25, 0.3) is 0 Å². The first-order valence-corrected chi connectivity index (χ1v) is 7.01. The molecule has 1 aliphatic rings. The van der Waals surface area contributed by atoms with Crippen LogP contribution in [0.4, 0.5) is 4.39 Å². The highest BCUT2D eigenvalue weighted by Gasteiger charge is 2.23. The van der Waals surface area contributed by atoms with Gasteiger partial charge in [-0.25, -0.2) is 4.39 Å². The lowest BCUT2D eigenvalue weighted by Crippen LogP contribution is -2.46. The number of benzene rings is 1. The van der Waals surface area contributed by atoms with Crippen molar-refractivity contribution in [1.29, 1.82) is 0 Å². The summed E-state index contributed by atoms with van der Waals surface area (Å²) in [6, 6.07) is 6.05. The largest absolute Gasteiger partial charge is 0.374 e. The molecule has 0 N–H and O–H groups in total. The summed E-state index contributed by atoms with van der Waals surface area (Å²) in [5.41, 5.74) is 0.836. The molecule has 2 rings (SSSR count). The third kappa shape index (κ3) is 3.53. The van der Waals surface area contributed by atoms with E-state index >= 15 is 0 Å². The summed E-state index contributed by atoms with van der Waals surface area (Å²) >= 11 is 3.36. The molecule has 1 atom stereocenters. The summed E-state index contributed by atoms with van der Waals surface area (Å²) in [6.07, 6.45) is 0.380. The van der Waals surface area contributed by atoms with Gasteiger partial charge < -0.3 is 9.64 Å². The Morgan fingerprint density at radius 1 is 1.44 bits per heavy atom. The summed E-state index contributed by atoms with van der Waals surface area (Å²) in [5, 5.41) is 0.729. The molecule has 0 bridgehead atoms. The second kappa shape index (κ2) is 6.29. The van der Waals surface area contributed by atoms with Crippen LogP contribution in [-0.2, 0) is 16.0 Å². The van der Waals surface area contributed by atoms with Crippen molar-refractivity contribution in [3.05, 3.63) is 35.6 Å². The minimum absolute atomic E-state index is 0.0656. The van der Waals surface area contributed by atoms with Crippen LogP contribution in [0.25, 0.3) is 0 Å². The molecule has 1 unspecified atom stereocenters. The molecule has 18 heavy (non-hydrogen) atoms. The summed E-state index contributed by atoms with van der Waals surface area (Å²) in [7, 11) is 0. The molecule has 1 amide bonds. The van der Waals surface area contributed by atoms with Crippen molar-refractivity contribution in [2.24, 2.45) is 0 Å². The third-order valence-corrected chi connectivity index (χ3v) is 3.65. The van der Waals surface area contributed by atoms with E-state index in [-0.39, 0.29) is 17.8 Å². The fourth-order valence-corrected chi connectivity index (χ4v) is 2.32. The second-order valence-electron chi connectivity index (χ2n) is 4.29. The fourth-order valence-electron chi connectivity index (χ4n) is 1.93. The van der Waals surface area contributed by atoms with Crippen LogP contribution in [0.5, 0.6) is 0 Å². The molecule has 3 nitrogen and oxygen atoms in total. The number of ether oxygens (including phenoxy) is 1. The molecule has 1 heterocycles. The quantitative estimate of drug-likeness (QED) is 0.798. The van der Waals surface area contributed by atoms with E-state index in [0.717, 1.165) is 10.9 Å². The molecule has 98 valence electrons. The fraction of sp³-hybridized carbons (Fsp3) is 0.462. The van der Waals surface area contributed by atoms with Gasteiger partial charge in [0.1, 0.15) is 5.82 Å². The van der Waals surface area contributed by atoms with Crippen LogP contribution in [-0.4, -0.2) is 41.9 Å². The number of nitrogens with zero attached hydrogens (tertiary/aromatic N) is 1. The summed E-state index contributed by atoms with van der Waals surface area (Å²) in [4.78, 5) is 13.9. The maximum atomic E-state index is 12.8. The number of hydrogen-bond donors (Lipinski definition) is 0. The van der Waals surface area contributed by atoms with Crippen molar-refractivity contribution in [3.8, 4) is 0 Å².